The second-order valence-corrected chi connectivity index (χ2v) is 2.42. The van der Waals surface area contributed by atoms with Gasteiger partial charge in [-0.3, -0.25) is 0 Å². The van der Waals surface area contributed by atoms with E-state index in [0.717, 1.165) is 5.00 Å². The van der Waals surface area contributed by atoms with E-state index in [1.165, 1.54) is 5.56 Å². The largest absolute Gasteiger partial charge is 0.390 e. The number of nitrogens with two attached hydrogens (primary N) is 1. The van der Waals surface area contributed by atoms with Crippen molar-refractivity contribution >= 4 is 16.3 Å². The lowest BCUT2D eigenvalue weighted by atomic mass is 10.4. The summed E-state index contributed by atoms with van der Waals surface area (Å²) in [5, 5.41) is 2.92. The molecular formula is C5H7NS. The van der Waals surface area contributed by atoms with Gasteiger partial charge in [0.1, 0.15) is 0 Å². The third-order valence-electron chi connectivity index (χ3n) is 0.902. The first-order chi connectivity index (χ1) is 3.30. The van der Waals surface area contributed by atoms with Crippen molar-refractivity contribution in [3.05, 3.63) is 17.0 Å². The Morgan fingerprint density at radius 2 is 2.43 bits per heavy atom. The minimum atomic E-state index is 0.931. The van der Waals surface area contributed by atoms with E-state index < -0.39 is 0 Å². The quantitative estimate of drug-likeness (QED) is 0.543. The van der Waals surface area contributed by atoms with Crippen LogP contribution in [-0.4, -0.2) is 0 Å². The summed E-state index contributed by atoms with van der Waals surface area (Å²) in [6, 6.07) is 2.01. The average molecular weight is 113 g/mol. The second kappa shape index (κ2) is 1.54. The summed E-state index contributed by atoms with van der Waals surface area (Å²) in [7, 11) is 0. The average Bonchev–Trinajstić information content (AvgIpc) is 1.91. The molecule has 0 aromatic carbocycles. The fraction of sp³-hybridized carbons (Fsp3) is 0.200. The highest BCUT2D eigenvalue weighted by atomic mass is 32.1. The Morgan fingerprint density at radius 1 is 1.71 bits per heavy atom. The fourth-order valence-electron chi connectivity index (χ4n) is 0.384. The monoisotopic (exact) mass is 113 g/mol. The lowest BCUT2D eigenvalue weighted by Crippen LogP contribution is -1.78. The van der Waals surface area contributed by atoms with Crippen LogP contribution in [0.25, 0.3) is 0 Å². The molecule has 0 saturated carbocycles. The molecule has 7 heavy (non-hydrogen) atoms. The molecule has 2 heteroatoms. The van der Waals surface area contributed by atoms with E-state index in [1.807, 2.05) is 18.4 Å². The summed E-state index contributed by atoms with van der Waals surface area (Å²) < 4.78 is 0. The third kappa shape index (κ3) is 0.747. The highest BCUT2D eigenvalue weighted by Crippen LogP contribution is 2.16. The number of anilines is 1. The van der Waals surface area contributed by atoms with E-state index in [1.54, 1.807) is 11.3 Å². The van der Waals surface area contributed by atoms with Crippen molar-refractivity contribution in [1.29, 1.82) is 0 Å². The van der Waals surface area contributed by atoms with Gasteiger partial charge in [-0.25, -0.2) is 0 Å². The Balaban J connectivity index is 3.12. The maximum absolute atomic E-state index is 5.46. The topological polar surface area (TPSA) is 26.0 Å². The molecule has 0 radical (unpaired) electrons. The molecule has 1 rings (SSSR count). The molecule has 0 bridgehead atoms. The predicted molar refractivity (Wildman–Crippen MR) is 33.5 cm³/mol. The van der Waals surface area contributed by atoms with Gasteiger partial charge in [-0.2, -0.15) is 0 Å². The van der Waals surface area contributed by atoms with E-state index in [4.69, 9.17) is 5.73 Å². The van der Waals surface area contributed by atoms with Crippen LogP contribution in [0.2, 0.25) is 0 Å². The zero-order valence-corrected chi connectivity index (χ0v) is 4.96. The van der Waals surface area contributed by atoms with Crippen LogP contribution in [0.5, 0.6) is 0 Å². The Morgan fingerprint density at radius 3 is 2.57 bits per heavy atom. The summed E-state index contributed by atoms with van der Waals surface area (Å²) in [6.45, 7) is 2.01. The molecule has 1 heterocycles. The van der Waals surface area contributed by atoms with Gasteiger partial charge in [-0.05, 0) is 23.9 Å². The van der Waals surface area contributed by atoms with Crippen LogP contribution in [0.3, 0.4) is 0 Å². The van der Waals surface area contributed by atoms with Gasteiger partial charge >= 0.3 is 0 Å². The van der Waals surface area contributed by atoms with Crippen molar-refractivity contribution in [2.75, 3.05) is 5.73 Å². The molecule has 0 unspecified atom stereocenters. The van der Waals surface area contributed by atoms with Gasteiger partial charge in [0, 0.05) is 0 Å². The molecule has 0 amide bonds. The molecule has 38 valence electrons. The summed E-state index contributed by atoms with van der Waals surface area (Å²) in [6.07, 6.45) is 0. The van der Waals surface area contributed by atoms with Gasteiger partial charge in [0.25, 0.3) is 0 Å². The van der Waals surface area contributed by atoms with Gasteiger partial charge in [0.15, 0.2) is 0 Å². The lowest BCUT2D eigenvalue weighted by molar-refractivity contribution is 1.55. The first kappa shape index (κ1) is 4.65. The van der Waals surface area contributed by atoms with E-state index in [0.29, 0.717) is 0 Å². The van der Waals surface area contributed by atoms with Crippen molar-refractivity contribution in [3.63, 3.8) is 0 Å². The van der Waals surface area contributed by atoms with Gasteiger partial charge in [0.05, 0.1) is 5.00 Å². The highest BCUT2D eigenvalue weighted by Gasteiger charge is 1.87. The van der Waals surface area contributed by atoms with Crippen LogP contribution < -0.4 is 5.73 Å². The molecule has 0 aliphatic heterocycles. The summed E-state index contributed by atoms with van der Waals surface area (Å²) in [5.41, 5.74) is 6.64. The minimum Gasteiger partial charge on any atom is -0.390 e. The number of aryl methyl sites for hydroxylation is 1. The molecule has 0 saturated heterocycles. The number of thiophene rings is 1. The molecular weight excluding hydrogens is 106 g/mol. The van der Waals surface area contributed by atoms with Crippen LogP contribution >= 0.6 is 11.3 Å². The standard InChI is InChI=1S/C5H7NS/c1-4-2-3-7-5(4)6/h2-3H,6H2,1H3. The molecule has 1 nitrogen and oxygen atoms in total. The minimum absolute atomic E-state index is 0.931. The van der Waals surface area contributed by atoms with Crippen LogP contribution in [0.1, 0.15) is 5.56 Å². The van der Waals surface area contributed by atoms with Gasteiger partial charge in [-0.15, -0.1) is 11.3 Å². The van der Waals surface area contributed by atoms with E-state index in [9.17, 15) is 0 Å². The van der Waals surface area contributed by atoms with Crippen molar-refractivity contribution in [1.82, 2.24) is 0 Å². The zero-order valence-electron chi connectivity index (χ0n) is 4.14. The normalized spacial score (nSPS) is 9.29. The molecule has 0 aliphatic rings. The maximum Gasteiger partial charge on any atom is 0.0886 e. The number of nitrogen functional groups attached to an aromatic ring is 1. The van der Waals surface area contributed by atoms with Crippen molar-refractivity contribution in [2.45, 2.75) is 6.92 Å². The Kier molecular flexibility index (Phi) is 1.02. The molecule has 0 atom stereocenters. The first-order valence-electron chi connectivity index (χ1n) is 2.10. The molecule has 1 aromatic rings. The summed E-state index contributed by atoms with van der Waals surface area (Å²) >= 11 is 1.58. The van der Waals surface area contributed by atoms with Gasteiger partial charge < -0.3 is 5.73 Å². The van der Waals surface area contributed by atoms with Gasteiger partial charge in [0.2, 0.25) is 0 Å². The SMILES string of the molecule is Cc1ccsc1N. The van der Waals surface area contributed by atoms with Crippen LogP contribution in [0.4, 0.5) is 5.00 Å². The van der Waals surface area contributed by atoms with Crippen LogP contribution in [-0.2, 0) is 0 Å². The first-order valence-corrected chi connectivity index (χ1v) is 2.98. The predicted octanol–water partition coefficient (Wildman–Crippen LogP) is 1.64. The highest BCUT2D eigenvalue weighted by molar-refractivity contribution is 7.14. The number of rotatable bonds is 0. The molecule has 0 aliphatic carbocycles. The third-order valence-corrected chi connectivity index (χ3v) is 1.75. The maximum atomic E-state index is 5.46. The zero-order chi connectivity index (χ0) is 5.28. The summed E-state index contributed by atoms with van der Waals surface area (Å²) in [5.74, 6) is 0. The van der Waals surface area contributed by atoms with Crippen LogP contribution in [0, 0.1) is 6.92 Å². The Bertz CT molecular complexity index is 140. The Hall–Kier alpha value is -0.500. The smallest absolute Gasteiger partial charge is 0.0886 e. The fourth-order valence-corrected chi connectivity index (χ4v) is 1.06. The summed E-state index contributed by atoms with van der Waals surface area (Å²) in [4.78, 5) is 0. The molecule has 0 fully saturated rings. The molecule has 1 aromatic heterocycles. The lowest BCUT2D eigenvalue weighted by Gasteiger charge is -1.80. The van der Waals surface area contributed by atoms with E-state index in [2.05, 4.69) is 0 Å². The van der Waals surface area contributed by atoms with Crippen molar-refractivity contribution < 1.29 is 0 Å². The molecule has 0 spiro atoms. The van der Waals surface area contributed by atoms with Gasteiger partial charge in [-0.1, -0.05) is 0 Å². The number of hydrogen-bond acceptors (Lipinski definition) is 2. The second-order valence-electron chi connectivity index (χ2n) is 1.47. The molecule has 2 N–H and O–H groups in total. The van der Waals surface area contributed by atoms with Crippen LogP contribution in [0.15, 0.2) is 11.4 Å². The Labute approximate surface area is 46.8 Å². The van der Waals surface area contributed by atoms with E-state index in [-0.39, 0.29) is 0 Å². The van der Waals surface area contributed by atoms with Crippen molar-refractivity contribution in [3.8, 4) is 0 Å². The van der Waals surface area contributed by atoms with E-state index >= 15 is 0 Å². The number of hydrogen-bond donors (Lipinski definition) is 1. The van der Waals surface area contributed by atoms with Crippen molar-refractivity contribution in [2.24, 2.45) is 0 Å².